The Bertz CT molecular complexity index is 97.6. The van der Waals surface area contributed by atoms with Crippen LogP contribution in [0.15, 0.2) is 0 Å². The molecule has 0 radical (unpaired) electrons. The zero-order valence-corrected chi connectivity index (χ0v) is 9.52. The number of nitrogens with one attached hydrogen (secondary N) is 1. The first-order valence-electron chi connectivity index (χ1n) is 5.18. The Kier molecular flexibility index (Phi) is 5.56. The molecule has 12 heavy (non-hydrogen) atoms. The molecule has 0 amide bonds. The van der Waals surface area contributed by atoms with E-state index in [1.807, 2.05) is 0 Å². The van der Waals surface area contributed by atoms with Crippen LogP contribution in [0.25, 0.3) is 0 Å². The van der Waals surface area contributed by atoms with E-state index in [-0.39, 0.29) is 0 Å². The van der Waals surface area contributed by atoms with E-state index in [0.29, 0.717) is 6.04 Å². The first kappa shape index (κ1) is 12.0. The lowest BCUT2D eigenvalue weighted by atomic mass is 9.93. The molecule has 0 bridgehead atoms. The first-order chi connectivity index (χ1) is 5.45. The van der Waals surface area contributed by atoms with Crippen LogP contribution in [0.2, 0.25) is 0 Å². The van der Waals surface area contributed by atoms with Crippen molar-refractivity contribution in [3.8, 4) is 0 Å². The van der Waals surface area contributed by atoms with Crippen molar-refractivity contribution in [2.24, 2.45) is 17.8 Å². The summed E-state index contributed by atoms with van der Waals surface area (Å²) >= 11 is 0. The number of rotatable bonds is 5. The summed E-state index contributed by atoms with van der Waals surface area (Å²) in [5.41, 5.74) is 0. The van der Waals surface area contributed by atoms with Gasteiger partial charge in [-0.1, -0.05) is 41.5 Å². The normalized spacial score (nSPS) is 12.5. The summed E-state index contributed by atoms with van der Waals surface area (Å²) in [5, 5.41) is 3.62. The minimum Gasteiger partial charge on any atom is -0.313 e. The molecule has 0 atom stereocenters. The molecule has 0 aromatic carbocycles. The highest BCUT2D eigenvalue weighted by molar-refractivity contribution is 4.74. The lowest BCUT2D eigenvalue weighted by molar-refractivity contribution is 0.303. The van der Waals surface area contributed by atoms with Crippen molar-refractivity contribution in [1.29, 1.82) is 0 Å². The van der Waals surface area contributed by atoms with Crippen molar-refractivity contribution >= 4 is 0 Å². The Morgan fingerprint density at radius 1 is 0.833 bits per heavy atom. The Hall–Kier alpha value is -0.0400. The van der Waals surface area contributed by atoms with E-state index in [4.69, 9.17) is 0 Å². The molecule has 0 spiro atoms. The van der Waals surface area contributed by atoms with Gasteiger partial charge < -0.3 is 5.32 Å². The van der Waals surface area contributed by atoms with E-state index >= 15 is 0 Å². The Labute approximate surface area is 77.9 Å². The molecule has 0 saturated heterocycles. The van der Waals surface area contributed by atoms with Crippen molar-refractivity contribution in [3.63, 3.8) is 0 Å². The van der Waals surface area contributed by atoms with Crippen molar-refractivity contribution in [2.45, 2.75) is 47.6 Å². The smallest absolute Gasteiger partial charge is 0.0113 e. The second kappa shape index (κ2) is 5.58. The quantitative estimate of drug-likeness (QED) is 0.670. The van der Waals surface area contributed by atoms with Gasteiger partial charge in [0.15, 0.2) is 0 Å². The van der Waals surface area contributed by atoms with Crippen LogP contribution in [0.5, 0.6) is 0 Å². The van der Waals surface area contributed by atoms with Gasteiger partial charge in [-0.05, 0) is 24.3 Å². The molecular weight excluding hydrogens is 146 g/mol. The highest BCUT2D eigenvalue weighted by Crippen LogP contribution is 2.11. The highest BCUT2D eigenvalue weighted by atomic mass is 14.9. The standard InChI is InChI=1S/C11H25N/c1-8(2)7-12-11(9(3)4)10(5)6/h8-12H,7H2,1-6H3. The van der Waals surface area contributed by atoms with Gasteiger partial charge in [0.2, 0.25) is 0 Å². The van der Waals surface area contributed by atoms with Crippen LogP contribution < -0.4 is 5.32 Å². The molecular formula is C11H25N. The van der Waals surface area contributed by atoms with Gasteiger partial charge in [0.1, 0.15) is 0 Å². The van der Waals surface area contributed by atoms with E-state index in [1.165, 1.54) is 0 Å². The third-order valence-electron chi connectivity index (χ3n) is 2.20. The van der Waals surface area contributed by atoms with Gasteiger partial charge in [-0.2, -0.15) is 0 Å². The second-order valence-electron chi connectivity index (χ2n) is 4.82. The van der Waals surface area contributed by atoms with Gasteiger partial charge in [0.25, 0.3) is 0 Å². The van der Waals surface area contributed by atoms with E-state index in [0.717, 1.165) is 24.3 Å². The summed E-state index contributed by atoms with van der Waals surface area (Å²) in [5.74, 6) is 2.23. The number of hydrogen-bond donors (Lipinski definition) is 1. The fourth-order valence-corrected chi connectivity index (χ4v) is 1.61. The molecule has 0 aliphatic rings. The minimum atomic E-state index is 0.674. The Morgan fingerprint density at radius 2 is 1.25 bits per heavy atom. The van der Waals surface area contributed by atoms with Crippen molar-refractivity contribution < 1.29 is 0 Å². The average molecular weight is 171 g/mol. The fraction of sp³-hybridized carbons (Fsp3) is 1.00. The van der Waals surface area contributed by atoms with E-state index in [9.17, 15) is 0 Å². The first-order valence-corrected chi connectivity index (χ1v) is 5.18. The summed E-state index contributed by atoms with van der Waals surface area (Å²) in [6.45, 7) is 14.8. The van der Waals surface area contributed by atoms with Crippen molar-refractivity contribution in [3.05, 3.63) is 0 Å². The van der Waals surface area contributed by atoms with Crippen LogP contribution in [0.4, 0.5) is 0 Å². The van der Waals surface area contributed by atoms with Crippen LogP contribution in [0.3, 0.4) is 0 Å². The molecule has 0 aliphatic carbocycles. The summed E-state index contributed by atoms with van der Waals surface area (Å²) < 4.78 is 0. The van der Waals surface area contributed by atoms with Gasteiger partial charge in [0, 0.05) is 6.04 Å². The largest absolute Gasteiger partial charge is 0.313 e. The highest BCUT2D eigenvalue weighted by Gasteiger charge is 2.16. The predicted octanol–water partition coefficient (Wildman–Crippen LogP) is 2.91. The zero-order chi connectivity index (χ0) is 9.72. The molecule has 0 rings (SSSR count). The van der Waals surface area contributed by atoms with Gasteiger partial charge in [0.05, 0.1) is 0 Å². The Balaban J connectivity index is 3.80. The predicted molar refractivity (Wildman–Crippen MR) is 56.3 cm³/mol. The molecule has 0 unspecified atom stereocenters. The maximum absolute atomic E-state index is 3.62. The molecule has 74 valence electrons. The molecule has 0 aliphatic heterocycles. The topological polar surface area (TPSA) is 12.0 Å². The van der Waals surface area contributed by atoms with Gasteiger partial charge in [-0.15, -0.1) is 0 Å². The van der Waals surface area contributed by atoms with Crippen LogP contribution in [-0.4, -0.2) is 12.6 Å². The van der Waals surface area contributed by atoms with Crippen LogP contribution in [0.1, 0.15) is 41.5 Å². The molecule has 0 fully saturated rings. The van der Waals surface area contributed by atoms with Crippen molar-refractivity contribution in [2.75, 3.05) is 6.54 Å². The molecule has 1 nitrogen and oxygen atoms in total. The van der Waals surface area contributed by atoms with E-state index in [2.05, 4.69) is 46.9 Å². The maximum Gasteiger partial charge on any atom is 0.0113 e. The molecule has 0 aromatic rings. The summed E-state index contributed by atoms with van der Waals surface area (Å²) in [4.78, 5) is 0. The SMILES string of the molecule is CC(C)CNC(C(C)C)C(C)C. The fourth-order valence-electron chi connectivity index (χ4n) is 1.61. The van der Waals surface area contributed by atoms with Gasteiger partial charge in [-0.3, -0.25) is 0 Å². The third-order valence-corrected chi connectivity index (χ3v) is 2.20. The van der Waals surface area contributed by atoms with E-state index in [1.54, 1.807) is 0 Å². The lowest BCUT2D eigenvalue weighted by Gasteiger charge is -2.27. The third kappa shape index (κ3) is 4.76. The number of hydrogen-bond acceptors (Lipinski definition) is 1. The zero-order valence-electron chi connectivity index (χ0n) is 9.52. The van der Waals surface area contributed by atoms with Gasteiger partial charge >= 0.3 is 0 Å². The monoisotopic (exact) mass is 171 g/mol. The maximum atomic E-state index is 3.62. The molecule has 0 saturated carbocycles. The van der Waals surface area contributed by atoms with Crippen LogP contribution in [0, 0.1) is 17.8 Å². The molecule has 1 heteroatoms. The summed E-state index contributed by atoms with van der Waals surface area (Å²) in [6.07, 6.45) is 0. The second-order valence-corrected chi connectivity index (χ2v) is 4.82. The van der Waals surface area contributed by atoms with Crippen LogP contribution >= 0.6 is 0 Å². The molecule has 0 heterocycles. The van der Waals surface area contributed by atoms with E-state index < -0.39 is 0 Å². The van der Waals surface area contributed by atoms with Crippen LogP contribution in [-0.2, 0) is 0 Å². The Morgan fingerprint density at radius 3 is 1.50 bits per heavy atom. The lowest BCUT2D eigenvalue weighted by Crippen LogP contribution is -2.40. The average Bonchev–Trinajstić information content (AvgIpc) is 1.84. The summed E-state index contributed by atoms with van der Waals surface area (Å²) in [6, 6.07) is 0.674. The minimum absolute atomic E-state index is 0.674. The van der Waals surface area contributed by atoms with Crippen molar-refractivity contribution in [1.82, 2.24) is 5.32 Å². The van der Waals surface area contributed by atoms with Gasteiger partial charge in [-0.25, -0.2) is 0 Å². The molecule has 1 N–H and O–H groups in total. The molecule has 0 aromatic heterocycles. The summed E-state index contributed by atoms with van der Waals surface area (Å²) in [7, 11) is 0.